The molecule has 0 saturated carbocycles. The summed E-state index contributed by atoms with van der Waals surface area (Å²) >= 11 is 0. The van der Waals surface area contributed by atoms with Crippen LogP contribution in [0.15, 0.2) is 42.5 Å². The molecule has 2 aromatic carbocycles. The summed E-state index contributed by atoms with van der Waals surface area (Å²) in [4.78, 5) is 12.1. The standard InChI is InChI=1S/C17H14FNO2/c1-12-5-2-3-7-16(12)19-17(21)14-9-8-13(6-4-10-20)11-15(14)18/h2-3,5,7-9,11,20H,10H2,1H3,(H,19,21). The molecular formula is C17H14FNO2. The number of aryl methyl sites for hydroxylation is 1. The molecule has 2 aromatic rings. The number of aliphatic hydroxyl groups excluding tert-OH is 1. The van der Waals surface area contributed by atoms with Crippen molar-refractivity contribution in [3.63, 3.8) is 0 Å². The van der Waals surface area contributed by atoms with Crippen molar-refractivity contribution in [1.29, 1.82) is 0 Å². The predicted octanol–water partition coefficient (Wildman–Crippen LogP) is 2.73. The number of rotatable bonds is 2. The maximum atomic E-state index is 13.9. The number of carbonyl (C=O) groups is 1. The molecule has 0 heterocycles. The van der Waals surface area contributed by atoms with Crippen LogP contribution in [0.2, 0.25) is 0 Å². The Labute approximate surface area is 122 Å². The van der Waals surface area contributed by atoms with Crippen LogP contribution in [-0.4, -0.2) is 17.6 Å². The van der Waals surface area contributed by atoms with E-state index in [2.05, 4.69) is 17.2 Å². The lowest BCUT2D eigenvalue weighted by Gasteiger charge is -2.08. The summed E-state index contributed by atoms with van der Waals surface area (Å²) in [5, 5.41) is 11.3. The van der Waals surface area contributed by atoms with Gasteiger partial charge in [0.1, 0.15) is 12.4 Å². The van der Waals surface area contributed by atoms with Crippen LogP contribution in [0.4, 0.5) is 10.1 Å². The molecule has 0 aliphatic heterocycles. The minimum absolute atomic E-state index is 0.0483. The second kappa shape index (κ2) is 6.69. The van der Waals surface area contributed by atoms with Gasteiger partial charge < -0.3 is 10.4 Å². The van der Waals surface area contributed by atoms with Crippen LogP contribution in [0, 0.1) is 24.6 Å². The molecule has 0 unspecified atom stereocenters. The van der Waals surface area contributed by atoms with Gasteiger partial charge in [0.25, 0.3) is 5.91 Å². The normalized spacial score (nSPS) is 9.67. The van der Waals surface area contributed by atoms with E-state index in [1.807, 2.05) is 19.1 Å². The minimum Gasteiger partial charge on any atom is -0.384 e. The van der Waals surface area contributed by atoms with Crippen LogP contribution < -0.4 is 5.32 Å². The van der Waals surface area contributed by atoms with E-state index in [-0.39, 0.29) is 12.2 Å². The zero-order valence-electron chi connectivity index (χ0n) is 11.5. The van der Waals surface area contributed by atoms with Gasteiger partial charge in [-0.1, -0.05) is 30.0 Å². The molecule has 106 valence electrons. The second-order valence-electron chi connectivity index (χ2n) is 4.42. The number of amides is 1. The Bertz CT molecular complexity index is 729. The lowest BCUT2D eigenvalue weighted by atomic mass is 10.1. The Morgan fingerprint density at radius 3 is 2.71 bits per heavy atom. The van der Waals surface area contributed by atoms with Gasteiger partial charge in [0.2, 0.25) is 0 Å². The largest absolute Gasteiger partial charge is 0.384 e. The smallest absolute Gasteiger partial charge is 0.258 e. The fraction of sp³-hybridized carbons (Fsp3) is 0.118. The molecule has 1 amide bonds. The van der Waals surface area contributed by atoms with Crippen molar-refractivity contribution in [1.82, 2.24) is 0 Å². The first kappa shape index (κ1) is 14.8. The number of anilines is 1. The number of halogens is 1. The van der Waals surface area contributed by atoms with Crippen molar-refractivity contribution in [3.8, 4) is 11.8 Å². The summed E-state index contributed by atoms with van der Waals surface area (Å²) in [6, 6.07) is 11.4. The van der Waals surface area contributed by atoms with Crippen molar-refractivity contribution in [3.05, 3.63) is 65.0 Å². The topological polar surface area (TPSA) is 49.3 Å². The lowest BCUT2D eigenvalue weighted by Crippen LogP contribution is -2.14. The number of carbonyl (C=O) groups excluding carboxylic acids is 1. The minimum atomic E-state index is -0.647. The molecule has 21 heavy (non-hydrogen) atoms. The Morgan fingerprint density at radius 2 is 2.05 bits per heavy atom. The van der Waals surface area contributed by atoms with E-state index in [0.717, 1.165) is 5.56 Å². The molecule has 0 bridgehead atoms. The highest BCUT2D eigenvalue weighted by Gasteiger charge is 2.12. The molecule has 0 radical (unpaired) electrons. The van der Waals surface area contributed by atoms with Crippen LogP contribution in [0.1, 0.15) is 21.5 Å². The van der Waals surface area contributed by atoms with Gasteiger partial charge in [0, 0.05) is 11.3 Å². The molecule has 0 aliphatic rings. The Hall–Kier alpha value is -2.64. The van der Waals surface area contributed by atoms with Gasteiger partial charge in [-0.05, 0) is 36.8 Å². The van der Waals surface area contributed by atoms with Gasteiger partial charge in [0.15, 0.2) is 0 Å². The number of benzene rings is 2. The lowest BCUT2D eigenvalue weighted by molar-refractivity contribution is 0.102. The zero-order chi connectivity index (χ0) is 15.2. The van der Waals surface area contributed by atoms with Crippen LogP contribution in [0.25, 0.3) is 0 Å². The first-order valence-electron chi connectivity index (χ1n) is 6.38. The third-order valence-corrected chi connectivity index (χ3v) is 2.92. The average molecular weight is 283 g/mol. The Morgan fingerprint density at radius 1 is 1.29 bits per heavy atom. The van der Waals surface area contributed by atoms with Crippen molar-refractivity contribution in [2.45, 2.75) is 6.92 Å². The van der Waals surface area contributed by atoms with Gasteiger partial charge in [0.05, 0.1) is 5.56 Å². The Kier molecular flexibility index (Phi) is 4.70. The van der Waals surface area contributed by atoms with Gasteiger partial charge in [-0.3, -0.25) is 4.79 Å². The monoisotopic (exact) mass is 283 g/mol. The molecular weight excluding hydrogens is 269 g/mol. The van der Waals surface area contributed by atoms with Crippen molar-refractivity contribution in [2.75, 3.05) is 11.9 Å². The van der Waals surface area contributed by atoms with Crippen LogP contribution in [0.3, 0.4) is 0 Å². The van der Waals surface area contributed by atoms with E-state index in [0.29, 0.717) is 11.3 Å². The average Bonchev–Trinajstić information content (AvgIpc) is 2.47. The predicted molar refractivity (Wildman–Crippen MR) is 79.5 cm³/mol. The van der Waals surface area contributed by atoms with Gasteiger partial charge >= 0.3 is 0 Å². The van der Waals surface area contributed by atoms with E-state index >= 15 is 0 Å². The van der Waals surface area contributed by atoms with E-state index < -0.39 is 11.7 Å². The van der Waals surface area contributed by atoms with E-state index in [4.69, 9.17) is 5.11 Å². The number of aliphatic hydroxyl groups is 1. The molecule has 0 fully saturated rings. The third-order valence-electron chi connectivity index (χ3n) is 2.92. The van der Waals surface area contributed by atoms with Crippen molar-refractivity contribution in [2.24, 2.45) is 0 Å². The first-order valence-corrected chi connectivity index (χ1v) is 6.38. The maximum absolute atomic E-state index is 13.9. The molecule has 0 atom stereocenters. The van der Waals surface area contributed by atoms with Gasteiger partial charge in [-0.25, -0.2) is 4.39 Å². The second-order valence-corrected chi connectivity index (χ2v) is 4.42. The fourth-order valence-corrected chi connectivity index (χ4v) is 1.82. The quantitative estimate of drug-likeness (QED) is 0.833. The van der Waals surface area contributed by atoms with Crippen LogP contribution in [-0.2, 0) is 0 Å². The summed E-state index contributed by atoms with van der Waals surface area (Å²) in [6.07, 6.45) is 0. The molecule has 0 saturated heterocycles. The summed E-state index contributed by atoms with van der Waals surface area (Å²) in [6.45, 7) is 1.57. The highest BCUT2D eigenvalue weighted by molar-refractivity contribution is 6.04. The van der Waals surface area contributed by atoms with Crippen LogP contribution >= 0.6 is 0 Å². The number of nitrogens with one attached hydrogen (secondary N) is 1. The summed E-state index contributed by atoms with van der Waals surface area (Å²) in [7, 11) is 0. The first-order chi connectivity index (χ1) is 10.1. The highest BCUT2D eigenvalue weighted by Crippen LogP contribution is 2.16. The fourth-order valence-electron chi connectivity index (χ4n) is 1.82. The van der Waals surface area contributed by atoms with Gasteiger partial charge in [-0.15, -0.1) is 0 Å². The van der Waals surface area contributed by atoms with Gasteiger partial charge in [-0.2, -0.15) is 0 Å². The zero-order valence-corrected chi connectivity index (χ0v) is 11.5. The molecule has 2 N–H and O–H groups in total. The summed E-state index contributed by atoms with van der Waals surface area (Å²) in [5.74, 6) is 3.86. The Balaban J connectivity index is 2.22. The SMILES string of the molecule is Cc1ccccc1NC(=O)c1ccc(C#CCO)cc1F. The molecule has 0 aliphatic carbocycles. The summed E-state index contributed by atoms with van der Waals surface area (Å²) < 4.78 is 13.9. The van der Waals surface area contributed by atoms with Crippen LogP contribution in [0.5, 0.6) is 0 Å². The highest BCUT2D eigenvalue weighted by atomic mass is 19.1. The van der Waals surface area contributed by atoms with E-state index in [9.17, 15) is 9.18 Å². The van der Waals surface area contributed by atoms with E-state index in [1.165, 1.54) is 12.1 Å². The molecule has 0 aromatic heterocycles. The molecule has 3 nitrogen and oxygen atoms in total. The number of hydrogen-bond acceptors (Lipinski definition) is 2. The molecule has 0 spiro atoms. The molecule has 4 heteroatoms. The molecule has 2 rings (SSSR count). The number of para-hydroxylation sites is 1. The van der Waals surface area contributed by atoms with E-state index in [1.54, 1.807) is 18.2 Å². The maximum Gasteiger partial charge on any atom is 0.258 e. The third kappa shape index (κ3) is 3.68. The summed E-state index contributed by atoms with van der Waals surface area (Å²) in [5.41, 5.74) is 1.91. The van der Waals surface area contributed by atoms with Crippen molar-refractivity contribution < 1.29 is 14.3 Å². The van der Waals surface area contributed by atoms with Crippen molar-refractivity contribution >= 4 is 11.6 Å². The number of hydrogen-bond donors (Lipinski definition) is 2.